The van der Waals surface area contributed by atoms with Gasteiger partial charge in [-0.05, 0) is 18.1 Å². The van der Waals surface area contributed by atoms with Crippen LogP contribution in [0, 0.1) is 5.92 Å². The number of amides is 1. The predicted octanol–water partition coefficient (Wildman–Crippen LogP) is 3.62. The summed E-state index contributed by atoms with van der Waals surface area (Å²) in [5.74, 6) is -2.38. The lowest BCUT2D eigenvalue weighted by molar-refractivity contribution is -0.164. The third-order valence-electron chi connectivity index (χ3n) is 3.58. The van der Waals surface area contributed by atoms with E-state index in [0.29, 0.717) is 10.6 Å². The minimum atomic E-state index is -4.57. The predicted molar refractivity (Wildman–Crippen MR) is 83.8 cm³/mol. The van der Waals surface area contributed by atoms with Crippen molar-refractivity contribution in [3.8, 4) is 16.5 Å². The molecule has 0 aromatic carbocycles. The molecule has 0 radical (unpaired) electrons. The Hall–Kier alpha value is -2.16. The van der Waals surface area contributed by atoms with Crippen molar-refractivity contribution >= 4 is 17.2 Å². The molecule has 2 aromatic rings. The molecule has 0 aliphatic carbocycles. The molecule has 130 valence electrons. The maximum Gasteiger partial charge on any atom is 0.408 e. The summed E-state index contributed by atoms with van der Waals surface area (Å²) >= 11 is 0.812. The van der Waals surface area contributed by atoms with Crippen LogP contribution in [0.1, 0.15) is 29.9 Å². The molecule has 0 unspecified atom stereocenters. The second-order valence-electron chi connectivity index (χ2n) is 5.29. The Morgan fingerprint density at radius 2 is 2.17 bits per heavy atom. The largest absolute Gasteiger partial charge is 0.492 e. The van der Waals surface area contributed by atoms with Crippen LogP contribution >= 0.6 is 11.3 Å². The lowest BCUT2D eigenvalue weighted by Gasteiger charge is -2.26. The number of rotatable bonds is 5. The Morgan fingerprint density at radius 1 is 1.46 bits per heavy atom. The highest BCUT2D eigenvalue weighted by molar-refractivity contribution is 7.17. The van der Waals surface area contributed by atoms with Crippen molar-refractivity contribution in [3.63, 3.8) is 0 Å². The van der Waals surface area contributed by atoms with Gasteiger partial charge in [0.2, 0.25) is 5.88 Å². The van der Waals surface area contributed by atoms with Crippen molar-refractivity contribution in [2.75, 3.05) is 0 Å². The molecular weight excluding hydrogens is 343 g/mol. The summed E-state index contributed by atoms with van der Waals surface area (Å²) in [6, 6.07) is 1.33. The molecule has 2 atom stereocenters. The minimum Gasteiger partial charge on any atom is -0.492 e. The first-order valence-electron chi connectivity index (χ1n) is 7.21. The normalized spacial score (nSPS) is 14.2. The van der Waals surface area contributed by atoms with Crippen LogP contribution in [-0.4, -0.2) is 33.2 Å². The molecule has 9 heteroatoms. The number of hydrogen-bond acceptors (Lipinski definition) is 5. The van der Waals surface area contributed by atoms with Crippen LogP contribution < -0.4 is 5.32 Å². The highest BCUT2D eigenvalue weighted by atomic mass is 32.1. The average molecular weight is 359 g/mol. The number of carbonyl (C=O) groups excluding carboxylic acids is 1. The lowest BCUT2D eigenvalue weighted by Crippen LogP contribution is -2.49. The molecule has 0 fully saturated rings. The molecule has 0 aliphatic rings. The van der Waals surface area contributed by atoms with E-state index in [2.05, 4.69) is 9.97 Å². The van der Waals surface area contributed by atoms with Gasteiger partial charge in [-0.3, -0.25) is 9.78 Å². The molecule has 0 saturated heterocycles. The van der Waals surface area contributed by atoms with Crippen molar-refractivity contribution in [3.05, 3.63) is 29.4 Å². The summed E-state index contributed by atoms with van der Waals surface area (Å²) in [6.07, 6.45) is -1.29. The van der Waals surface area contributed by atoms with Crippen LogP contribution in [0.5, 0.6) is 5.88 Å². The zero-order chi connectivity index (χ0) is 17.9. The number of pyridine rings is 1. The lowest BCUT2D eigenvalue weighted by atomic mass is 9.98. The van der Waals surface area contributed by atoms with E-state index in [1.54, 1.807) is 25.3 Å². The van der Waals surface area contributed by atoms with E-state index in [1.807, 2.05) is 5.32 Å². The number of nitrogens with zero attached hydrogens (tertiary/aromatic N) is 2. The molecule has 2 N–H and O–H groups in total. The molecule has 2 heterocycles. The van der Waals surface area contributed by atoms with Gasteiger partial charge in [0.25, 0.3) is 5.91 Å². The number of hydrogen-bond donors (Lipinski definition) is 2. The van der Waals surface area contributed by atoms with E-state index >= 15 is 0 Å². The standard InChI is InChI=1S/C15H16F3N3O2S/c1-3-8(2)11(15(16,17)18)20-12(22)10-13(23)21-14(24-10)9-5-4-6-19-7-9/h4-8,11,23H,3H2,1-2H3,(H,20,22)/t8-,11-/m0/s1. The smallest absolute Gasteiger partial charge is 0.408 e. The first kappa shape index (κ1) is 18.2. The van der Waals surface area contributed by atoms with Crippen LogP contribution in [0.2, 0.25) is 0 Å². The number of carbonyl (C=O) groups is 1. The third kappa shape index (κ3) is 4.02. The fraction of sp³-hybridized carbons (Fsp3) is 0.400. The monoisotopic (exact) mass is 359 g/mol. The van der Waals surface area contributed by atoms with Crippen molar-refractivity contribution in [2.24, 2.45) is 5.92 Å². The summed E-state index contributed by atoms with van der Waals surface area (Å²) in [4.78, 5) is 19.6. The molecule has 0 spiro atoms. The van der Waals surface area contributed by atoms with Gasteiger partial charge in [0, 0.05) is 18.0 Å². The molecule has 24 heavy (non-hydrogen) atoms. The number of halogens is 3. The second-order valence-corrected chi connectivity index (χ2v) is 6.29. The first-order chi connectivity index (χ1) is 11.2. The summed E-state index contributed by atoms with van der Waals surface area (Å²) in [7, 11) is 0. The Kier molecular flexibility index (Phi) is 5.43. The summed E-state index contributed by atoms with van der Waals surface area (Å²) in [5.41, 5.74) is 0.561. The maximum absolute atomic E-state index is 13.1. The molecule has 0 bridgehead atoms. The molecule has 0 saturated carbocycles. The minimum absolute atomic E-state index is 0.250. The topological polar surface area (TPSA) is 75.1 Å². The van der Waals surface area contributed by atoms with Crippen LogP contribution in [0.4, 0.5) is 13.2 Å². The van der Waals surface area contributed by atoms with Crippen LogP contribution in [0.3, 0.4) is 0 Å². The summed E-state index contributed by atoms with van der Waals surface area (Å²) < 4.78 is 39.3. The molecule has 2 rings (SSSR count). The van der Waals surface area contributed by atoms with E-state index in [-0.39, 0.29) is 11.3 Å². The quantitative estimate of drug-likeness (QED) is 0.855. The van der Waals surface area contributed by atoms with E-state index in [9.17, 15) is 23.1 Å². The molecular formula is C15H16F3N3O2S. The molecule has 0 aliphatic heterocycles. The van der Waals surface area contributed by atoms with E-state index < -0.39 is 29.9 Å². The highest BCUT2D eigenvalue weighted by Crippen LogP contribution is 2.33. The molecule has 1 amide bonds. The fourth-order valence-corrected chi connectivity index (χ4v) is 2.91. The number of aromatic hydroxyl groups is 1. The Balaban J connectivity index is 2.25. The van der Waals surface area contributed by atoms with Crippen molar-refractivity contribution in [1.82, 2.24) is 15.3 Å². The second kappa shape index (κ2) is 7.16. The number of nitrogens with one attached hydrogen (secondary N) is 1. The summed E-state index contributed by atoms with van der Waals surface area (Å²) in [6.45, 7) is 3.02. The highest BCUT2D eigenvalue weighted by Gasteiger charge is 2.44. The van der Waals surface area contributed by atoms with E-state index in [0.717, 1.165) is 11.3 Å². The summed E-state index contributed by atoms with van der Waals surface area (Å²) in [5, 5.41) is 12.1. The van der Waals surface area contributed by atoms with Crippen molar-refractivity contribution in [2.45, 2.75) is 32.5 Å². The maximum atomic E-state index is 13.1. The Labute approximate surface area is 140 Å². The van der Waals surface area contributed by atoms with Gasteiger partial charge in [-0.2, -0.15) is 13.2 Å². The van der Waals surface area contributed by atoms with E-state index in [1.165, 1.54) is 13.1 Å². The Bertz CT molecular complexity index is 704. The van der Waals surface area contributed by atoms with Gasteiger partial charge in [-0.15, -0.1) is 11.3 Å². The number of alkyl halides is 3. The van der Waals surface area contributed by atoms with Crippen molar-refractivity contribution < 1.29 is 23.1 Å². The fourth-order valence-electron chi connectivity index (χ4n) is 2.06. The zero-order valence-electron chi connectivity index (χ0n) is 13.0. The van der Waals surface area contributed by atoms with Gasteiger partial charge in [-0.25, -0.2) is 4.98 Å². The van der Waals surface area contributed by atoms with Gasteiger partial charge >= 0.3 is 6.18 Å². The zero-order valence-corrected chi connectivity index (χ0v) is 13.8. The molecule has 2 aromatic heterocycles. The van der Waals surface area contributed by atoms with Crippen LogP contribution in [0.15, 0.2) is 24.5 Å². The van der Waals surface area contributed by atoms with Gasteiger partial charge in [-0.1, -0.05) is 20.3 Å². The average Bonchev–Trinajstić information content (AvgIpc) is 2.93. The Morgan fingerprint density at radius 3 is 2.71 bits per heavy atom. The van der Waals surface area contributed by atoms with Crippen LogP contribution in [-0.2, 0) is 0 Å². The van der Waals surface area contributed by atoms with Gasteiger partial charge < -0.3 is 10.4 Å². The third-order valence-corrected chi connectivity index (χ3v) is 4.67. The number of aromatic nitrogens is 2. The first-order valence-corrected chi connectivity index (χ1v) is 8.03. The van der Waals surface area contributed by atoms with Gasteiger partial charge in [0.15, 0.2) is 4.88 Å². The SMILES string of the molecule is CC[C@H](C)[C@H](NC(=O)c1sc(-c2cccnc2)nc1O)C(F)(F)F. The van der Waals surface area contributed by atoms with Crippen molar-refractivity contribution in [1.29, 1.82) is 0 Å². The van der Waals surface area contributed by atoms with Gasteiger partial charge in [0.1, 0.15) is 11.0 Å². The molecule has 5 nitrogen and oxygen atoms in total. The van der Waals surface area contributed by atoms with E-state index in [4.69, 9.17) is 0 Å². The van der Waals surface area contributed by atoms with Gasteiger partial charge in [0.05, 0.1) is 0 Å². The van der Waals surface area contributed by atoms with Crippen LogP contribution in [0.25, 0.3) is 10.6 Å². The number of thiazole rings is 1.